The predicted octanol–water partition coefficient (Wildman–Crippen LogP) is 3.55. The van der Waals surface area contributed by atoms with E-state index in [-0.39, 0.29) is 5.91 Å². The molecule has 0 aliphatic rings. The van der Waals surface area contributed by atoms with Gasteiger partial charge in [-0.15, -0.1) is 0 Å². The summed E-state index contributed by atoms with van der Waals surface area (Å²) in [5, 5.41) is 2.84. The van der Waals surface area contributed by atoms with Gasteiger partial charge in [-0.1, -0.05) is 18.2 Å². The molecule has 0 heterocycles. The van der Waals surface area contributed by atoms with E-state index in [0.29, 0.717) is 17.0 Å². The van der Waals surface area contributed by atoms with E-state index < -0.39 is 0 Å². The molecule has 2 rings (SSSR count). The van der Waals surface area contributed by atoms with Crippen LogP contribution in [0.2, 0.25) is 0 Å². The predicted molar refractivity (Wildman–Crippen MR) is 80.1 cm³/mol. The Morgan fingerprint density at radius 2 is 1.94 bits per heavy atom. The molecule has 92 valence electrons. The summed E-state index contributed by atoms with van der Waals surface area (Å²) in [6, 6.07) is 14.8. The SMILES string of the molecule is COc1ccccc1NC(=O)c1cccc(I)c1. The van der Waals surface area contributed by atoms with E-state index in [2.05, 4.69) is 27.9 Å². The number of methoxy groups -OCH3 is 1. The molecule has 0 unspecified atom stereocenters. The van der Waals surface area contributed by atoms with Crippen LogP contribution >= 0.6 is 22.6 Å². The van der Waals surface area contributed by atoms with E-state index in [0.717, 1.165) is 3.57 Å². The van der Waals surface area contributed by atoms with Crippen LogP contribution in [0.4, 0.5) is 5.69 Å². The molecule has 2 aromatic rings. The molecule has 0 fully saturated rings. The first-order valence-electron chi connectivity index (χ1n) is 5.40. The van der Waals surface area contributed by atoms with Crippen molar-refractivity contribution < 1.29 is 9.53 Å². The van der Waals surface area contributed by atoms with Crippen LogP contribution in [0.1, 0.15) is 10.4 Å². The van der Waals surface area contributed by atoms with Crippen molar-refractivity contribution in [3.63, 3.8) is 0 Å². The molecule has 0 aliphatic carbocycles. The minimum Gasteiger partial charge on any atom is -0.495 e. The van der Waals surface area contributed by atoms with E-state index in [1.54, 1.807) is 13.2 Å². The Labute approximate surface area is 119 Å². The highest BCUT2D eigenvalue weighted by Gasteiger charge is 2.09. The van der Waals surface area contributed by atoms with Crippen LogP contribution in [0.15, 0.2) is 48.5 Å². The number of benzene rings is 2. The Bertz CT molecular complexity index is 569. The maximum Gasteiger partial charge on any atom is 0.255 e. The Hall–Kier alpha value is -1.56. The van der Waals surface area contributed by atoms with Crippen molar-refractivity contribution in [1.82, 2.24) is 0 Å². The minimum absolute atomic E-state index is 0.141. The van der Waals surface area contributed by atoms with Crippen molar-refractivity contribution in [2.24, 2.45) is 0 Å². The Balaban J connectivity index is 2.21. The lowest BCUT2D eigenvalue weighted by Gasteiger charge is -2.09. The van der Waals surface area contributed by atoms with E-state index in [4.69, 9.17) is 4.74 Å². The molecule has 1 N–H and O–H groups in total. The third kappa shape index (κ3) is 3.01. The van der Waals surface area contributed by atoms with Gasteiger partial charge in [0.05, 0.1) is 12.8 Å². The molecule has 0 bridgehead atoms. The van der Waals surface area contributed by atoms with Crippen molar-refractivity contribution >= 4 is 34.2 Å². The fraction of sp³-hybridized carbons (Fsp3) is 0.0714. The highest BCUT2D eigenvalue weighted by atomic mass is 127. The Kier molecular flexibility index (Phi) is 4.19. The molecular weight excluding hydrogens is 341 g/mol. The number of halogens is 1. The number of ether oxygens (including phenoxy) is 1. The highest BCUT2D eigenvalue weighted by Crippen LogP contribution is 2.23. The van der Waals surface area contributed by atoms with Gasteiger partial charge in [0.2, 0.25) is 0 Å². The lowest BCUT2D eigenvalue weighted by atomic mass is 10.2. The van der Waals surface area contributed by atoms with Crippen LogP contribution in [0, 0.1) is 3.57 Å². The molecule has 0 saturated heterocycles. The Morgan fingerprint density at radius 3 is 2.67 bits per heavy atom. The standard InChI is InChI=1S/C14H12INO2/c1-18-13-8-3-2-7-12(13)16-14(17)10-5-4-6-11(15)9-10/h2-9H,1H3,(H,16,17). The smallest absolute Gasteiger partial charge is 0.255 e. The van der Waals surface area contributed by atoms with Crippen LogP contribution in [0.5, 0.6) is 5.75 Å². The largest absolute Gasteiger partial charge is 0.495 e. The molecule has 0 aromatic heterocycles. The monoisotopic (exact) mass is 353 g/mol. The van der Waals surface area contributed by atoms with Crippen molar-refractivity contribution in [2.75, 3.05) is 12.4 Å². The summed E-state index contributed by atoms with van der Waals surface area (Å²) >= 11 is 2.18. The number of hydrogen-bond acceptors (Lipinski definition) is 2. The second kappa shape index (κ2) is 5.86. The van der Waals surface area contributed by atoms with Gasteiger partial charge >= 0.3 is 0 Å². The van der Waals surface area contributed by atoms with Crippen molar-refractivity contribution in [1.29, 1.82) is 0 Å². The van der Waals surface area contributed by atoms with Crippen molar-refractivity contribution in [3.05, 3.63) is 57.7 Å². The Morgan fingerprint density at radius 1 is 1.17 bits per heavy atom. The second-order valence-electron chi connectivity index (χ2n) is 3.66. The molecule has 2 aromatic carbocycles. The lowest BCUT2D eigenvalue weighted by Crippen LogP contribution is -2.12. The van der Waals surface area contributed by atoms with E-state index in [1.807, 2.05) is 42.5 Å². The summed E-state index contributed by atoms with van der Waals surface area (Å²) in [7, 11) is 1.58. The molecule has 0 spiro atoms. The second-order valence-corrected chi connectivity index (χ2v) is 4.91. The lowest BCUT2D eigenvalue weighted by molar-refractivity contribution is 0.102. The number of carbonyl (C=O) groups is 1. The summed E-state index contributed by atoms with van der Waals surface area (Å²) in [5.74, 6) is 0.509. The third-order valence-electron chi connectivity index (χ3n) is 2.44. The summed E-state index contributed by atoms with van der Waals surface area (Å²) in [6.45, 7) is 0. The molecule has 3 nitrogen and oxygen atoms in total. The van der Waals surface area contributed by atoms with Gasteiger partial charge in [-0.25, -0.2) is 0 Å². The highest BCUT2D eigenvalue weighted by molar-refractivity contribution is 14.1. The molecule has 0 atom stereocenters. The molecular formula is C14H12INO2. The van der Waals surface area contributed by atoms with Gasteiger partial charge in [-0.05, 0) is 52.9 Å². The number of anilines is 1. The van der Waals surface area contributed by atoms with Crippen LogP contribution in [0.3, 0.4) is 0 Å². The van der Waals surface area contributed by atoms with Crippen molar-refractivity contribution in [2.45, 2.75) is 0 Å². The fourth-order valence-electron chi connectivity index (χ4n) is 1.57. The molecule has 0 aliphatic heterocycles. The van der Waals surface area contributed by atoms with Gasteiger partial charge in [0.15, 0.2) is 0 Å². The van der Waals surface area contributed by atoms with Gasteiger partial charge in [-0.3, -0.25) is 4.79 Å². The zero-order valence-electron chi connectivity index (χ0n) is 9.81. The maximum atomic E-state index is 12.1. The zero-order valence-corrected chi connectivity index (χ0v) is 12.0. The van der Waals surface area contributed by atoms with Gasteiger partial charge in [0.1, 0.15) is 5.75 Å². The van der Waals surface area contributed by atoms with E-state index in [9.17, 15) is 4.79 Å². The topological polar surface area (TPSA) is 38.3 Å². The van der Waals surface area contributed by atoms with Gasteiger partial charge in [-0.2, -0.15) is 0 Å². The normalized spacial score (nSPS) is 9.89. The first kappa shape index (κ1) is 12.9. The maximum absolute atomic E-state index is 12.1. The summed E-state index contributed by atoms with van der Waals surface area (Å²) in [5.41, 5.74) is 1.30. The number of rotatable bonds is 3. The molecule has 18 heavy (non-hydrogen) atoms. The first-order chi connectivity index (χ1) is 8.70. The summed E-state index contributed by atoms with van der Waals surface area (Å²) in [4.78, 5) is 12.1. The van der Waals surface area contributed by atoms with Crippen LogP contribution in [-0.4, -0.2) is 13.0 Å². The molecule has 0 saturated carbocycles. The third-order valence-corrected chi connectivity index (χ3v) is 3.11. The molecule has 4 heteroatoms. The molecule has 1 amide bonds. The van der Waals surface area contributed by atoms with Gasteiger partial charge < -0.3 is 10.1 Å². The zero-order chi connectivity index (χ0) is 13.0. The van der Waals surface area contributed by atoms with Gasteiger partial charge in [0, 0.05) is 9.13 Å². The number of amides is 1. The number of para-hydroxylation sites is 2. The van der Waals surface area contributed by atoms with E-state index >= 15 is 0 Å². The average Bonchev–Trinajstić information content (AvgIpc) is 2.39. The number of hydrogen-bond donors (Lipinski definition) is 1. The quantitative estimate of drug-likeness (QED) is 0.857. The van der Waals surface area contributed by atoms with Crippen molar-refractivity contribution in [3.8, 4) is 5.75 Å². The number of nitrogens with one attached hydrogen (secondary N) is 1. The fourth-order valence-corrected chi connectivity index (χ4v) is 2.12. The first-order valence-corrected chi connectivity index (χ1v) is 6.48. The van der Waals surface area contributed by atoms with Crippen LogP contribution in [-0.2, 0) is 0 Å². The molecule has 0 radical (unpaired) electrons. The van der Waals surface area contributed by atoms with Gasteiger partial charge in [0.25, 0.3) is 5.91 Å². The van der Waals surface area contributed by atoms with E-state index in [1.165, 1.54) is 0 Å². The van der Waals surface area contributed by atoms with Crippen LogP contribution in [0.25, 0.3) is 0 Å². The summed E-state index contributed by atoms with van der Waals surface area (Å²) in [6.07, 6.45) is 0. The minimum atomic E-state index is -0.141. The van der Waals surface area contributed by atoms with Crippen LogP contribution < -0.4 is 10.1 Å². The number of carbonyl (C=O) groups excluding carboxylic acids is 1. The summed E-state index contributed by atoms with van der Waals surface area (Å²) < 4.78 is 6.22. The average molecular weight is 353 g/mol.